The Hall–Kier alpha value is -2.88. The summed E-state index contributed by atoms with van der Waals surface area (Å²) in [6.45, 7) is 1.92. The predicted molar refractivity (Wildman–Crippen MR) is 117 cm³/mol. The molecule has 0 saturated heterocycles. The Balaban J connectivity index is 1.31. The van der Waals surface area contributed by atoms with E-state index < -0.39 is 11.7 Å². The number of fused-ring (bicyclic) bond motifs is 2. The van der Waals surface area contributed by atoms with Gasteiger partial charge in [-0.1, -0.05) is 6.42 Å². The summed E-state index contributed by atoms with van der Waals surface area (Å²) >= 11 is 1.42. The number of nitrogens with one attached hydrogen (secondary N) is 2. The maximum absolute atomic E-state index is 13.0. The smallest absolute Gasteiger partial charge is 0.349 e. The minimum atomic E-state index is -4.39. The highest BCUT2D eigenvalue weighted by Crippen LogP contribution is 2.35. The fourth-order valence-electron chi connectivity index (χ4n) is 4.54. The first-order valence-corrected chi connectivity index (χ1v) is 11.3. The first-order chi connectivity index (χ1) is 15.2. The van der Waals surface area contributed by atoms with Crippen LogP contribution in [-0.2, 0) is 13.2 Å². The van der Waals surface area contributed by atoms with Gasteiger partial charge in [0.2, 0.25) is 0 Å². The average molecular weight is 462 g/mol. The SMILES string of the molecule is Cc1nn(C)c2sc(C(=O)N[C@@H]3CCC[C@H](c4nc5cc(C(F)(F)F)ccc5[nH]4)C3)cc12. The van der Waals surface area contributed by atoms with Crippen molar-refractivity contribution in [3.8, 4) is 0 Å². The number of amides is 1. The number of aromatic amines is 1. The molecule has 168 valence electrons. The van der Waals surface area contributed by atoms with Crippen LogP contribution in [0.2, 0.25) is 0 Å². The molecule has 10 heteroatoms. The van der Waals surface area contributed by atoms with Crippen LogP contribution in [-0.4, -0.2) is 31.7 Å². The molecule has 0 radical (unpaired) electrons. The van der Waals surface area contributed by atoms with E-state index in [0.717, 1.165) is 47.3 Å². The molecule has 3 heterocycles. The quantitative estimate of drug-likeness (QED) is 0.435. The standard InChI is InChI=1S/C22H22F3N5OS/c1-11-15-10-18(32-21(15)30(2)29-11)20(31)26-14-5-3-4-12(8-14)19-27-16-7-6-13(22(23,24)25)9-17(16)28-19/h6-7,9-10,12,14H,3-5,8H2,1-2H3,(H,26,31)(H,27,28)/t12-,14+/m0/s1. The van der Waals surface area contributed by atoms with Crippen molar-refractivity contribution >= 4 is 38.5 Å². The van der Waals surface area contributed by atoms with Gasteiger partial charge < -0.3 is 10.3 Å². The largest absolute Gasteiger partial charge is 0.416 e. The third-order valence-electron chi connectivity index (χ3n) is 6.14. The fraction of sp³-hybridized carbons (Fsp3) is 0.409. The van der Waals surface area contributed by atoms with Crippen LogP contribution in [0, 0.1) is 6.92 Å². The molecule has 1 aliphatic carbocycles. The molecular weight excluding hydrogens is 439 g/mol. The third-order valence-corrected chi connectivity index (χ3v) is 7.35. The summed E-state index contributed by atoms with van der Waals surface area (Å²) in [5.41, 5.74) is 1.10. The van der Waals surface area contributed by atoms with Gasteiger partial charge >= 0.3 is 6.18 Å². The highest BCUT2D eigenvalue weighted by atomic mass is 32.1. The maximum atomic E-state index is 13.0. The van der Waals surface area contributed by atoms with Crippen LogP contribution in [0.5, 0.6) is 0 Å². The van der Waals surface area contributed by atoms with Gasteiger partial charge in [0.25, 0.3) is 5.91 Å². The molecule has 0 aliphatic heterocycles. The zero-order valence-electron chi connectivity index (χ0n) is 17.6. The number of alkyl halides is 3. The number of rotatable bonds is 3. The first-order valence-electron chi connectivity index (χ1n) is 10.5. The number of aryl methyl sites for hydroxylation is 2. The van der Waals surface area contributed by atoms with Gasteiger partial charge in [0.15, 0.2) is 0 Å². The molecule has 4 aromatic rings. The van der Waals surface area contributed by atoms with Crippen LogP contribution < -0.4 is 5.32 Å². The van der Waals surface area contributed by atoms with Crippen molar-refractivity contribution in [1.82, 2.24) is 25.1 Å². The highest BCUT2D eigenvalue weighted by molar-refractivity contribution is 7.20. The van der Waals surface area contributed by atoms with Crippen LogP contribution in [0.1, 0.15) is 58.4 Å². The van der Waals surface area contributed by atoms with Crippen LogP contribution in [0.3, 0.4) is 0 Å². The second-order valence-electron chi connectivity index (χ2n) is 8.42. The van der Waals surface area contributed by atoms with Crippen molar-refractivity contribution < 1.29 is 18.0 Å². The van der Waals surface area contributed by atoms with E-state index in [0.29, 0.717) is 28.2 Å². The molecule has 2 N–H and O–H groups in total. The average Bonchev–Trinajstić information content (AvgIpc) is 3.43. The zero-order chi connectivity index (χ0) is 22.6. The molecule has 0 spiro atoms. The predicted octanol–water partition coefficient (Wildman–Crippen LogP) is 5.29. The number of H-pyrrole nitrogens is 1. The monoisotopic (exact) mass is 461 g/mol. The number of thiophene rings is 1. The van der Waals surface area contributed by atoms with E-state index in [2.05, 4.69) is 20.4 Å². The topological polar surface area (TPSA) is 75.6 Å². The van der Waals surface area contributed by atoms with Gasteiger partial charge in [-0.05, 0) is 50.5 Å². The lowest BCUT2D eigenvalue weighted by Gasteiger charge is -2.28. The number of carbonyl (C=O) groups is 1. The van der Waals surface area contributed by atoms with Gasteiger partial charge in [-0.15, -0.1) is 11.3 Å². The molecule has 32 heavy (non-hydrogen) atoms. The molecule has 3 aromatic heterocycles. The summed E-state index contributed by atoms with van der Waals surface area (Å²) in [4.78, 5) is 22.1. The second-order valence-corrected chi connectivity index (χ2v) is 9.45. The Kier molecular flexibility index (Phi) is 4.99. The number of halogens is 3. The van der Waals surface area contributed by atoms with Crippen molar-refractivity contribution in [3.63, 3.8) is 0 Å². The van der Waals surface area contributed by atoms with Crippen LogP contribution >= 0.6 is 11.3 Å². The van der Waals surface area contributed by atoms with Crippen molar-refractivity contribution in [2.24, 2.45) is 7.05 Å². The number of hydrogen-bond acceptors (Lipinski definition) is 4. The minimum Gasteiger partial charge on any atom is -0.349 e. The molecule has 1 aromatic carbocycles. The van der Waals surface area contributed by atoms with Crippen molar-refractivity contribution in [2.75, 3.05) is 0 Å². The number of benzene rings is 1. The number of hydrogen-bond donors (Lipinski definition) is 2. The van der Waals surface area contributed by atoms with E-state index in [1.807, 2.05) is 20.0 Å². The fourth-order valence-corrected chi connectivity index (χ4v) is 5.56. The Morgan fingerprint density at radius 1 is 1.28 bits per heavy atom. The molecule has 1 amide bonds. The summed E-state index contributed by atoms with van der Waals surface area (Å²) in [6.07, 6.45) is -1.04. The molecule has 6 nitrogen and oxygen atoms in total. The van der Waals surface area contributed by atoms with Crippen molar-refractivity contribution in [3.05, 3.63) is 46.2 Å². The Morgan fingerprint density at radius 2 is 2.09 bits per heavy atom. The molecule has 0 bridgehead atoms. The zero-order valence-corrected chi connectivity index (χ0v) is 18.4. The van der Waals surface area contributed by atoms with Gasteiger partial charge in [-0.25, -0.2) is 4.98 Å². The van der Waals surface area contributed by atoms with Crippen LogP contribution in [0.4, 0.5) is 13.2 Å². The molecule has 5 rings (SSSR count). The van der Waals surface area contributed by atoms with Crippen molar-refractivity contribution in [2.45, 2.75) is 50.7 Å². The van der Waals surface area contributed by atoms with Gasteiger partial charge in [-0.2, -0.15) is 18.3 Å². The second kappa shape index (κ2) is 7.61. The number of nitrogens with zero attached hydrogens (tertiary/aromatic N) is 3. The molecule has 0 unspecified atom stereocenters. The van der Waals surface area contributed by atoms with Gasteiger partial charge in [0.1, 0.15) is 10.7 Å². The van der Waals surface area contributed by atoms with Crippen LogP contribution in [0.15, 0.2) is 24.3 Å². The number of imidazole rings is 1. The van der Waals surface area contributed by atoms with E-state index in [9.17, 15) is 18.0 Å². The van der Waals surface area contributed by atoms with E-state index in [1.54, 1.807) is 4.68 Å². The lowest BCUT2D eigenvalue weighted by molar-refractivity contribution is -0.137. The summed E-state index contributed by atoms with van der Waals surface area (Å²) in [7, 11) is 1.87. The number of aromatic nitrogens is 4. The highest BCUT2D eigenvalue weighted by Gasteiger charge is 2.31. The van der Waals surface area contributed by atoms with E-state index in [4.69, 9.17) is 0 Å². The minimum absolute atomic E-state index is 0.00960. The number of carbonyl (C=O) groups excluding carboxylic acids is 1. The molecule has 1 saturated carbocycles. The third kappa shape index (κ3) is 3.76. The Morgan fingerprint density at radius 3 is 2.84 bits per heavy atom. The first kappa shape index (κ1) is 21.0. The van der Waals surface area contributed by atoms with Crippen LogP contribution in [0.25, 0.3) is 21.3 Å². The van der Waals surface area contributed by atoms with E-state index >= 15 is 0 Å². The Labute approximate surface area is 185 Å². The van der Waals surface area contributed by atoms with E-state index in [1.165, 1.54) is 17.4 Å². The molecule has 1 aliphatic rings. The van der Waals surface area contributed by atoms with E-state index in [-0.39, 0.29) is 17.9 Å². The van der Waals surface area contributed by atoms with Crippen molar-refractivity contribution in [1.29, 1.82) is 0 Å². The summed E-state index contributed by atoms with van der Waals surface area (Å²) in [5.74, 6) is 0.641. The van der Waals surface area contributed by atoms with Gasteiger partial charge in [0, 0.05) is 24.4 Å². The van der Waals surface area contributed by atoms with Gasteiger partial charge in [-0.3, -0.25) is 9.48 Å². The lowest BCUT2D eigenvalue weighted by atomic mass is 9.85. The molecular formula is C22H22F3N5OS. The summed E-state index contributed by atoms with van der Waals surface area (Å²) in [5, 5.41) is 8.50. The maximum Gasteiger partial charge on any atom is 0.416 e. The molecule has 2 atom stereocenters. The molecule has 1 fully saturated rings. The summed E-state index contributed by atoms with van der Waals surface area (Å²) in [6, 6.07) is 5.45. The Bertz CT molecular complexity index is 1280. The lowest BCUT2D eigenvalue weighted by Crippen LogP contribution is -2.37. The van der Waals surface area contributed by atoms with Gasteiger partial charge in [0.05, 0.1) is 27.2 Å². The summed E-state index contributed by atoms with van der Waals surface area (Å²) < 4.78 is 40.8. The normalized spacial score (nSPS) is 19.7.